The van der Waals surface area contributed by atoms with Crippen LogP contribution in [0.4, 0.5) is 13.2 Å². The van der Waals surface area contributed by atoms with Crippen molar-refractivity contribution in [3.05, 3.63) is 47.7 Å². The molecule has 0 fully saturated rings. The first-order valence-corrected chi connectivity index (χ1v) is 7.53. The second-order valence-corrected chi connectivity index (χ2v) is 6.06. The minimum absolute atomic E-state index is 0.0244. The fourth-order valence-electron chi connectivity index (χ4n) is 1.91. The molecule has 7 heteroatoms. The van der Waals surface area contributed by atoms with Crippen molar-refractivity contribution in [1.82, 2.24) is 0 Å². The Labute approximate surface area is 135 Å². The van der Waals surface area contributed by atoms with Gasteiger partial charge < -0.3 is 4.74 Å². The number of benzene rings is 1. The van der Waals surface area contributed by atoms with E-state index in [0.29, 0.717) is 5.56 Å². The molecule has 1 atom stereocenters. The molecule has 0 N–H and O–H groups in total. The number of hydrogen-bond acceptors (Lipinski definition) is 4. The van der Waals surface area contributed by atoms with Crippen LogP contribution in [-0.2, 0) is 14.3 Å². The van der Waals surface area contributed by atoms with Gasteiger partial charge in [0.2, 0.25) is 0 Å². The van der Waals surface area contributed by atoms with E-state index in [1.807, 2.05) is 0 Å². The molecule has 0 aromatic heterocycles. The second-order valence-electron chi connectivity index (χ2n) is 4.92. The van der Waals surface area contributed by atoms with Gasteiger partial charge in [-0.25, -0.2) is 0 Å². The van der Waals surface area contributed by atoms with Gasteiger partial charge in [0.15, 0.2) is 11.6 Å². The van der Waals surface area contributed by atoms with Crippen molar-refractivity contribution < 1.29 is 27.5 Å². The number of halogens is 3. The Morgan fingerprint density at radius 3 is 2.52 bits per heavy atom. The van der Waals surface area contributed by atoms with Gasteiger partial charge in [-0.1, -0.05) is 18.2 Å². The third-order valence-electron chi connectivity index (χ3n) is 3.00. The van der Waals surface area contributed by atoms with Crippen molar-refractivity contribution >= 4 is 29.4 Å². The van der Waals surface area contributed by atoms with Gasteiger partial charge in [0.1, 0.15) is 6.10 Å². The Morgan fingerprint density at radius 2 is 1.96 bits per heavy atom. The van der Waals surface area contributed by atoms with E-state index in [1.165, 1.54) is 36.4 Å². The summed E-state index contributed by atoms with van der Waals surface area (Å²) in [4.78, 5) is 23.7. The van der Waals surface area contributed by atoms with E-state index in [1.54, 1.807) is 6.92 Å². The monoisotopic (exact) mass is 342 g/mol. The number of allylic oxidation sites excluding steroid dienone is 2. The summed E-state index contributed by atoms with van der Waals surface area (Å²) in [6.45, 7) is 1.73. The number of rotatable bonds is 4. The minimum atomic E-state index is -4.34. The SMILES string of the molecule is CC1CC(=O)C(C(=O)C=Cc2ccc(SC(F)(F)F)cc2)=CO1. The highest BCUT2D eigenvalue weighted by Gasteiger charge is 2.29. The van der Waals surface area contributed by atoms with Crippen LogP contribution in [0.25, 0.3) is 6.08 Å². The minimum Gasteiger partial charge on any atom is -0.497 e. The number of carbonyl (C=O) groups excluding carboxylic acids is 2. The summed E-state index contributed by atoms with van der Waals surface area (Å²) in [7, 11) is 0. The fraction of sp³-hybridized carbons (Fsp3) is 0.250. The largest absolute Gasteiger partial charge is 0.497 e. The standard InChI is InChI=1S/C16H13F3O3S/c1-10-8-15(21)13(9-22-10)14(20)7-4-11-2-5-12(6-3-11)23-16(17,18)19/h2-7,9-10H,8H2,1H3. The van der Waals surface area contributed by atoms with Crippen molar-refractivity contribution in [3.63, 3.8) is 0 Å². The Morgan fingerprint density at radius 1 is 1.30 bits per heavy atom. The molecule has 0 amide bonds. The summed E-state index contributed by atoms with van der Waals surface area (Å²) < 4.78 is 41.8. The number of carbonyl (C=O) groups is 2. The van der Waals surface area contributed by atoms with Crippen molar-refractivity contribution in [2.24, 2.45) is 0 Å². The molecule has 1 aromatic rings. The van der Waals surface area contributed by atoms with E-state index in [0.717, 1.165) is 6.26 Å². The lowest BCUT2D eigenvalue weighted by molar-refractivity contribution is -0.122. The van der Waals surface area contributed by atoms with Crippen molar-refractivity contribution in [2.75, 3.05) is 0 Å². The van der Waals surface area contributed by atoms with Gasteiger partial charge >= 0.3 is 5.51 Å². The molecule has 1 aromatic carbocycles. The lowest BCUT2D eigenvalue weighted by Crippen LogP contribution is -2.23. The zero-order valence-electron chi connectivity index (χ0n) is 12.1. The van der Waals surface area contributed by atoms with Crippen LogP contribution in [0.1, 0.15) is 18.9 Å². The quantitative estimate of drug-likeness (QED) is 0.468. The smallest absolute Gasteiger partial charge is 0.446 e. The number of alkyl halides is 3. The molecular weight excluding hydrogens is 329 g/mol. The summed E-state index contributed by atoms with van der Waals surface area (Å²) in [5.41, 5.74) is -3.80. The van der Waals surface area contributed by atoms with Gasteiger partial charge in [0, 0.05) is 11.3 Å². The van der Waals surface area contributed by atoms with E-state index in [4.69, 9.17) is 4.74 Å². The molecular formula is C16H13F3O3S. The molecule has 0 saturated heterocycles. The van der Waals surface area contributed by atoms with E-state index in [2.05, 4.69) is 0 Å². The molecule has 0 radical (unpaired) electrons. The summed E-state index contributed by atoms with van der Waals surface area (Å²) in [5.74, 6) is -0.772. The van der Waals surface area contributed by atoms with Gasteiger partial charge in [0.05, 0.1) is 11.8 Å². The van der Waals surface area contributed by atoms with Gasteiger partial charge in [0.25, 0.3) is 0 Å². The molecule has 1 aliphatic rings. The van der Waals surface area contributed by atoms with Crippen molar-refractivity contribution in [3.8, 4) is 0 Å². The Hall–Kier alpha value is -2.02. The first kappa shape index (κ1) is 17.3. The third-order valence-corrected chi connectivity index (χ3v) is 3.74. The Balaban J connectivity index is 2.03. The maximum absolute atomic E-state index is 12.2. The van der Waals surface area contributed by atoms with Crippen LogP contribution in [0.2, 0.25) is 0 Å². The van der Waals surface area contributed by atoms with Gasteiger partial charge in [-0.05, 0) is 42.5 Å². The zero-order chi connectivity index (χ0) is 17.0. The van der Waals surface area contributed by atoms with Crippen LogP contribution < -0.4 is 0 Å². The molecule has 122 valence electrons. The van der Waals surface area contributed by atoms with Crippen LogP contribution in [0.5, 0.6) is 0 Å². The lowest BCUT2D eigenvalue weighted by atomic mass is 10.0. The normalized spacial score (nSPS) is 18.7. The molecule has 1 unspecified atom stereocenters. The maximum atomic E-state index is 12.2. The van der Waals surface area contributed by atoms with Crippen molar-refractivity contribution in [2.45, 2.75) is 29.9 Å². The second kappa shape index (κ2) is 7.04. The summed E-state index contributed by atoms with van der Waals surface area (Å²) >= 11 is -0.204. The van der Waals surface area contributed by atoms with E-state index < -0.39 is 11.3 Å². The third kappa shape index (κ3) is 5.28. The molecule has 0 bridgehead atoms. The van der Waals surface area contributed by atoms with Crippen LogP contribution in [0.15, 0.2) is 47.1 Å². The summed E-state index contributed by atoms with van der Waals surface area (Å²) in [6.07, 6.45) is 3.70. The average molecular weight is 342 g/mol. The molecule has 1 heterocycles. The molecule has 2 rings (SSSR count). The highest BCUT2D eigenvalue weighted by Crippen LogP contribution is 2.36. The number of ketones is 2. The average Bonchev–Trinajstić information content (AvgIpc) is 2.44. The van der Waals surface area contributed by atoms with Crippen LogP contribution >= 0.6 is 11.8 Å². The van der Waals surface area contributed by atoms with Crippen LogP contribution in [-0.4, -0.2) is 23.2 Å². The van der Waals surface area contributed by atoms with Gasteiger partial charge in [-0.15, -0.1) is 0 Å². The maximum Gasteiger partial charge on any atom is 0.446 e. The van der Waals surface area contributed by atoms with Crippen LogP contribution in [0.3, 0.4) is 0 Å². The number of hydrogen-bond donors (Lipinski definition) is 0. The summed E-state index contributed by atoms with van der Waals surface area (Å²) in [5, 5.41) is 0. The molecule has 3 nitrogen and oxygen atoms in total. The number of thioether (sulfide) groups is 1. The van der Waals surface area contributed by atoms with Gasteiger partial charge in [-0.2, -0.15) is 13.2 Å². The van der Waals surface area contributed by atoms with Crippen LogP contribution in [0, 0.1) is 0 Å². The Kier molecular flexibility index (Phi) is 5.30. The lowest BCUT2D eigenvalue weighted by Gasteiger charge is -2.16. The molecule has 0 aliphatic carbocycles. The highest BCUT2D eigenvalue weighted by molar-refractivity contribution is 8.00. The first-order chi connectivity index (χ1) is 10.7. The zero-order valence-corrected chi connectivity index (χ0v) is 12.9. The number of ether oxygens (including phenoxy) is 1. The van der Waals surface area contributed by atoms with E-state index in [9.17, 15) is 22.8 Å². The predicted octanol–water partition coefficient (Wildman–Crippen LogP) is 4.14. The first-order valence-electron chi connectivity index (χ1n) is 6.71. The molecule has 0 spiro atoms. The topological polar surface area (TPSA) is 43.4 Å². The summed E-state index contributed by atoms with van der Waals surface area (Å²) in [6, 6.07) is 5.57. The number of Topliss-reactive ketones (excluding diaryl/α,β-unsaturated/α-hetero) is 1. The van der Waals surface area contributed by atoms with Gasteiger partial charge in [-0.3, -0.25) is 9.59 Å². The molecule has 23 heavy (non-hydrogen) atoms. The molecule has 1 aliphatic heterocycles. The van der Waals surface area contributed by atoms with E-state index in [-0.39, 0.29) is 40.5 Å². The predicted molar refractivity (Wildman–Crippen MR) is 80.6 cm³/mol. The van der Waals surface area contributed by atoms with Crippen molar-refractivity contribution in [1.29, 1.82) is 0 Å². The highest BCUT2D eigenvalue weighted by atomic mass is 32.2. The van der Waals surface area contributed by atoms with E-state index >= 15 is 0 Å². The molecule has 0 saturated carbocycles. The fourth-order valence-corrected chi connectivity index (χ4v) is 2.45. The Bertz CT molecular complexity index is 660.